The number of allylic oxidation sites excluding steroid dienone is 4. The van der Waals surface area contributed by atoms with E-state index in [9.17, 15) is 0 Å². The van der Waals surface area contributed by atoms with Crippen molar-refractivity contribution in [3.63, 3.8) is 0 Å². The monoisotopic (exact) mass is 396 g/mol. The van der Waals surface area contributed by atoms with Crippen molar-refractivity contribution in [1.82, 2.24) is 9.80 Å². The van der Waals surface area contributed by atoms with Crippen molar-refractivity contribution in [3.8, 4) is 0 Å². The molecule has 0 amide bonds. The van der Waals surface area contributed by atoms with Gasteiger partial charge in [0.1, 0.15) is 12.0 Å². The first-order chi connectivity index (χ1) is 13.9. The second kappa shape index (κ2) is 9.89. The third-order valence-electron chi connectivity index (χ3n) is 5.23. The average Bonchev–Trinajstić information content (AvgIpc) is 2.76. The van der Waals surface area contributed by atoms with Gasteiger partial charge in [0.05, 0.1) is 0 Å². The molecular weight excluding hydrogens is 368 g/mol. The summed E-state index contributed by atoms with van der Waals surface area (Å²) in [6.45, 7) is 5.20. The van der Waals surface area contributed by atoms with E-state index in [-0.39, 0.29) is 0 Å². The molecule has 2 aliphatic heterocycles. The molecule has 0 aromatic heterocycles. The molecule has 0 bridgehead atoms. The van der Waals surface area contributed by atoms with Crippen molar-refractivity contribution >= 4 is 11.8 Å². The van der Waals surface area contributed by atoms with Gasteiger partial charge in [0, 0.05) is 49.8 Å². The van der Waals surface area contributed by atoms with Gasteiger partial charge in [-0.3, -0.25) is 4.90 Å². The van der Waals surface area contributed by atoms with Gasteiger partial charge < -0.3 is 14.4 Å². The lowest BCUT2D eigenvalue weighted by Crippen LogP contribution is -2.46. The van der Waals surface area contributed by atoms with Crippen LogP contribution < -0.4 is 0 Å². The van der Waals surface area contributed by atoms with E-state index in [0.717, 1.165) is 69.4 Å². The van der Waals surface area contributed by atoms with E-state index < -0.39 is 0 Å². The van der Waals surface area contributed by atoms with E-state index >= 15 is 0 Å². The maximum Gasteiger partial charge on any atom is 0.231 e. The first-order valence-corrected chi connectivity index (χ1v) is 11.1. The fourth-order valence-electron chi connectivity index (χ4n) is 3.56. The number of benzene rings is 1. The minimum absolute atomic E-state index is 0.833. The third kappa shape index (κ3) is 5.46. The van der Waals surface area contributed by atoms with Crippen LogP contribution in [-0.2, 0) is 9.47 Å². The SMILES string of the molecule is C1=CCCC(CC2=COC(N3CCN(CCSc4ccccc4)CC3)=CO2)=C1. The number of ether oxygens (including phenoxy) is 2. The zero-order valence-electron chi connectivity index (χ0n) is 16.3. The molecule has 0 saturated carbocycles. The summed E-state index contributed by atoms with van der Waals surface area (Å²) in [5, 5.41) is 0. The summed E-state index contributed by atoms with van der Waals surface area (Å²) in [7, 11) is 0. The number of rotatable bonds is 7. The Morgan fingerprint density at radius 3 is 2.54 bits per heavy atom. The quantitative estimate of drug-likeness (QED) is 0.620. The Hall–Kier alpha value is -2.11. The van der Waals surface area contributed by atoms with E-state index in [1.54, 1.807) is 12.5 Å². The molecule has 1 fully saturated rings. The van der Waals surface area contributed by atoms with Gasteiger partial charge in [0.2, 0.25) is 5.88 Å². The zero-order chi connectivity index (χ0) is 19.0. The molecule has 4 nitrogen and oxygen atoms in total. The van der Waals surface area contributed by atoms with Gasteiger partial charge in [0.25, 0.3) is 0 Å². The van der Waals surface area contributed by atoms with Gasteiger partial charge in [-0.15, -0.1) is 11.8 Å². The van der Waals surface area contributed by atoms with Crippen LogP contribution in [0.25, 0.3) is 0 Å². The summed E-state index contributed by atoms with van der Waals surface area (Å²) in [4.78, 5) is 6.15. The lowest BCUT2D eigenvalue weighted by molar-refractivity contribution is 0.0853. The number of piperazine rings is 1. The van der Waals surface area contributed by atoms with Crippen molar-refractivity contribution in [3.05, 3.63) is 78.3 Å². The van der Waals surface area contributed by atoms with Gasteiger partial charge in [-0.1, -0.05) is 42.0 Å². The lowest BCUT2D eigenvalue weighted by atomic mass is 10.0. The Morgan fingerprint density at radius 2 is 1.82 bits per heavy atom. The van der Waals surface area contributed by atoms with Crippen LogP contribution in [0.5, 0.6) is 0 Å². The van der Waals surface area contributed by atoms with Crippen molar-refractivity contribution < 1.29 is 9.47 Å². The van der Waals surface area contributed by atoms with Crippen LogP contribution in [-0.4, -0.2) is 48.3 Å². The minimum Gasteiger partial charge on any atom is -0.460 e. The Kier molecular flexibility index (Phi) is 6.79. The molecule has 1 aliphatic carbocycles. The van der Waals surface area contributed by atoms with Crippen LogP contribution in [0, 0.1) is 0 Å². The van der Waals surface area contributed by atoms with Crippen LogP contribution in [0.3, 0.4) is 0 Å². The standard InChI is InChI=1S/C23H28N2O2S/c1-3-7-20(8-4-1)17-21-18-27-23(19-26-21)25-13-11-24(12-14-25)15-16-28-22-9-5-2-6-10-22/h1-3,5-7,9-10,18-19H,4,8,11-17H2. The normalized spacial score (nSPS) is 20.0. The first-order valence-electron chi connectivity index (χ1n) is 10.1. The highest BCUT2D eigenvalue weighted by Gasteiger charge is 2.22. The molecule has 1 aromatic carbocycles. The molecule has 0 spiro atoms. The van der Waals surface area contributed by atoms with Gasteiger partial charge in [0.15, 0.2) is 6.26 Å². The first kappa shape index (κ1) is 19.2. The van der Waals surface area contributed by atoms with Crippen LogP contribution in [0.2, 0.25) is 0 Å². The van der Waals surface area contributed by atoms with E-state index in [2.05, 4.69) is 58.4 Å². The second-order valence-electron chi connectivity index (χ2n) is 7.23. The molecule has 4 rings (SSSR count). The maximum atomic E-state index is 5.88. The van der Waals surface area contributed by atoms with Crippen molar-refractivity contribution in [1.29, 1.82) is 0 Å². The van der Waals surface area contributed by atoms with Gasteiger partial charge in [-0.2, -0.15) is 0 Å². The fourth-order valence-corrected chi connectivity index (χ4v) is 4.50. The molecule has 0 unspecified atom stereocenters. The van der Waals surface area contributed by atoms with Gasteiger partial charge in [-0.25, -0.2) is 0 Å². The average molecular weight is 397 g/mol. The summed E-state index contributed by atoms with van der Waals surface area (Å²) in [5.41, 5.74) is 1.40. The maximum absolute atomic E-state index is 5.88. The molecule has 28 heavy (non-hydrogen) atoms. The van der Waals surface area contributed by atoms with Crippen LogP contribution >= 0.6 is 11.8 Å². The molecule has 1 aromatic rings. The second-order valence-corrected chi connectivity index (χ2v) is 8.40. The summed E-state index contributed by atoms with van der Waals surface area (Å²) in [6.07, 6.45) is 13.1. The summed E-state index contributed by atoms with van der Waals surface area (Å²) in [5.74, 6) is 2.85. The van der Waals surface area contributed by atoms with Crippen molar-refractivity contribution in [2.24, 2.45) is 0 Å². The summed E-state index contributed by atoms with van der Waals surface area (Å²) >= 11 is 1.93. The predicted molar refractivity (Wildman–Crippen MR) is 115 cm³/mol. The Balaban J connectivity index is 1.16. The van der Waals surface area contributed by atoms with E-state index in [4.69, 9.17) is 9.47 Å². The topological polar surface area (TPSA) is 24.9 Å². The number of nitrogens with zero attached hydrogens (tertiary/aromatic N) is 2. The number of hydrogen-bond acceptors (Lipinski definition) is 5. The molecule has 1 saturated heterocycles. The van der Waals surface area contributed by atoms with Crippen molar-refractivity contribution in [2.75, 3.05) is 38.5 Å². The van der Waals surface area contributed by atoms with Crippen molar-refractivity contribution in [2.45, 2.75) is 24.2 Å². The Labute approximate surface area is 172 Å². The highest BCUT2D eigenvalue weighted by Crippen LogP contribution is 2.25. The molecule has 148 valence electrons. The smallest absolute Gasteiger partial charge is 0.231 e. The van der Waals surface area contributed by atoms with Crippen LogP contribution in [0.1, 0.15) is 19.3 Å². The van der Waals surface area contributed by atoms with Gasteiger partial charge >= 0.3 is 0 Å². The lowest BCUT2D eigenvalue weighted by Gasteiger charge is -2.36. The van der Waals surface area contributed by atoms with Gasteiger partial charge in [-0.05, 0) is 25.0 Å². The Morgan fingerprint density at radius 1 is 0.964 bits per heavy atom. The predicted octanol–water partition coefficient (Wildman–Crippen LogP) is 4.75. The highest BCUT2D eigenvalue weighted by atomic mass is 32.2. The van der Waals surface area contributed by atoms with E-state index in [0.29, 0.717) is 0 Å². The van der Waals surface area contributed by atoms with Crippen LogP contribution in [0.4, 0.5) is 0 Å². The molecule has 3 aliphatic rings. The van der Waals surface area contributed by atoms with E-state index in [1.165, 1.54) is 10.5 Å². The zero-order valence-corrected chi connectivity index (χ0v) is 17.1. The molecule has 0 radical (unpaired) electrons. The molecular formula is C23H28N2O2S. The summed E-state index contributed by atoms with van der Waals surface area (Å²) < 4.78 is 11.7. The van der Waals surface area contributed by atoms with E-state index in [1.807, 2.05) is 11.8 Å². The minimum atomic E-state index is 0.833. The molecule has 2 heterocycles. The molecule has 0 atom stereocenters. The molecule has 5 heteroatoms. The highest BCUT2D eigenvalue weighted by molar-refractivity contribution is 7.99. The number of thioether (sulfide) groups is 1. The molecule has 0 N–H and O–H groups in total. The largest absolute Gasteiger partial charge is 0.460 e. The Bertz CT molecular complexity index is 762. The number of hydrogen-bond donors (Lipinski definition) is 0. The summed E-state index contributed by atoms with van der Waals surface area (Å²) in [6, 6.07) is 10.6. The fraction of sp³-hybridized carbons (Fsp3) is 0.391. The van der Waals surface area contributed by atoms with Crippen LogP contribution in [0.15, 0.2) is 83.2 Å². The third-order valence-corrected chi connectivity index (χ3v) is 6.22.